The number of allylic oxidation sites excluding steroid dienone is 1. The summed E-state index contributed by atoms with van der Waals surface area (Å²) in [6.45, 7) is 13.0. The van der Waals surface area contributed by atoms with E-state index in [4.69, 9.17) is 25.8 Å². The number of piperazine rings is 1. The molecule has 2 unspecified atom stereocenters. The number of nitriles is 1. The molecule has 0 aromatic carbocycles. The first-order chi connectivity index (χ1) is 23.0. The molecule has 1 aromatic heterocycles. The van der Waals surface area contributed by atoms with Crippen molar-refractivity contribution >= 4 is 34.2 Å². The molecule has 3 aliphatic heterocycles. The molecule has 1 amide bonds. The summed E-state index contributed by atoms with van der Waals surface area (Å²) in [6, 6.07) is 1.61. The molecule has 2 saturated heterocycles. The number of hydrogen-bond acceptors (Lipinski definition) is 13. The van der Waals surface area contributed by atoms with Crippen molar-refractivity contribution in [2.24, 2.45) is 10.9 Å². The van der Waals surface area contributed by atoms with Gasteiger partial charge in [-0.3, -0.25) is 4.90 Å². The second-order valence-electron chi connectivity index (χ2n) is 13.5. The molecule has 262 valence electrons. The molecule has 5 N–H and O–H groups in total. The Morgan fingerprint density at radius 2 is 1.85 bits per heavy atom. The van der Waals surface area contributed by atoms with E-state index in [9.17, 15) is 14.9 Å². The molecule has 1 aliphatic carbocycles. The zero-order valence-electron chi connectivity index (χ0n) is 28.5. The van der Waals surface area contributed by atoms with Crippen molar-refractivity contribution in [2.45, 2.75) is 64.0 Å². The van der Waals surface area contributed by atoms with E-state index in [1.54, 1.807) is 12.0 Å². The average Bonchev–Trinajstić information content (AvgIpc) is 3.22. The number of fused-ring (bicyclic) bond motifs is 1. The van der Waals surface area contributed by atoms with Gasteiger partial charge in [0.15, 0.2) is 5.84 Å². The number of oxime groups is 1. The van der Waals surface area contributed by atoms with Gasteiger partial charge in [0.25, 0.3) is 0 Å². The number of carbonyl (C=O) groups excluding carboxylic acids is 2. The minimum Gasteiger partial charge on any atom is -0.444 e. The van der Waals surface area contributed by atoms with Gasteiger partial charge in [-0.15, -0.1) is 11.3 Å². The number of aryl methyl sites for hydroxylation is 1. The minimum absolute atomic E-state index is 0.108. The van der Waals surface area contributed by atoms with Crippen molar-refractivity contribution in [1.29, 1.82) is 5.26 Å². The van der Waals surface area contributed by atoms with Gasteiger partial charge in [-0.1, -0.05) is 5.16 Å². The van der Waals surface area contributed by atoms with Gasteiger partial charge in [0.05, 0.1) is 18.1 Å². The molecular weight excluding hydrogens is 634 g/mol. The van der Waals surface area contributed by atoms with Crippen LogP contribution < -0.4 is 16.8 Å². The zero-order chi connectivity index (χ0) is 34.4. The van der Waals surface area contributed by atoms with Gasteiger partial charge >= 0.3 is 12.1 Å². The molecule has 0 bridgehead atoms. The number of amidine groups is 1. The first-order valence-electron chi connectivity index (χ1n) is 16.7. The Hall–Kier alpha value is -4.00. The fourth-order valence-corrected chi connectivity index (χ4v) is 7.64. The largest absolute Gasteiger partial charge is 0.444 e. The second-order valence-corrected chi connectivity index (χ2v) is 14.7. The topological polar surface area (TPSA) is 175 Å². The van der Waals surface area contributed by atoms with E-state index < -0.39 is 23.5 Å². The highest BCUT2D eigenvalue weighted by Crippen LogP contribution is 2.42. The molecule has 0 radical (unpaired) electrons. The number of ether oxygens (including phenoxy) is 2. The van der Waals surface area contributed by atoms with E-state index in [1.165, 1.54) is 11.3 Å². The summed E-state index contributed by atoms with van der Waals surface area (Å²) in [6.07, 6.45) is 6.91. The highest BCUT2D eigenvalue weighted by molar-refractivity contribution is 7.16. The van der Waals surface area contributed by atoms with Gasteiger partial charge < -0.3 is 45.8 Å². The Morgan fingerprint density at radius 1 is 1.10 bits per heavy atom. The van der Waals surface area contributed by atoms with Crippen molar-refractivity contribution < 1.29 is 23.9 Å². The predicted molar refractivity (Wildman–Crippen MR) is 184 cm³/mol. The van der Waals surface area contributed by atoms with Crippen LogP contribution in [0.15, 0.2) is 28.8 Å². The second kappa shape index (κ2) is 15.5. The lowest BCUT2D eigenvalue weighted by Crippen LogP contribution is -2.51. The number of dihydropyridines is 1. The fourth-order valence-electron chi connectivity index (χ4n) is 6.52. The van der Waals surface area contributed by atoms with Gasteiger partial charge in [0, 0.05) is 81.7 Å². The summed E-state index contributed by atoms with van der Waals surface area (Å²) in [4.78, 5) is 41.1. The summed E-state index contributed by atoms with van der Waals surface area (Å²) >= 11 is 1.36. The van der Waals surface area contributed by atoms with Gasteiger partial charge in [-0.2, -0.15) is 5.26 Å². The third-order valence-corrected chi connectivity index (χ3v) is 10.1. The number of amides is 1. The van der Waals surface area contributed by atoms with Gasteiger partial charge in [-0.25, -0.2) is 9.59 Å². The standard InChI is InChI=1S/C33H49N9O5S/c1-33(2,3)46-32(44)42-15-13-40(14-16-42)22-19-25(37-27(20-22)41-10-6-9-39(11-12-41)17-18-45-4)29(35)38-47-31(43)23-7-5-8-26-28(23)24(21-34)30(36)48-26/h19-20,23,25,37H,5-18,36H2,1-4H3,(H2,35,38). The van der Waals surface area contributed by atoms with Crippen LogP contribution in [0.2, 0.25) is 0 Å². The number of nitrogens with one attached hydrogen (secondary N) is 1. The maximum absolute atomic E-state index is 13.3. The van der Waals surface area contributed by atoms with Crippen molar-refractivity contribution in [1.82, 2.24) is 24.9 Å². The van der Waals surface area contributed by atoms with Crippen LogP contribution >= 0.6 is 11.3 Å². The summed E-state index contributed by atoms with van der Waals surface area (Å²) < 4.78 is 10.9. The van der Waals surface area contributed by atoms with Gasteiger partial charge in [-0.05, 0) is 59.1 Å². The number of thiophene rings is 1. The number of rotatable bonds is 8. The molecule has 0 spiro atoms. The van der Waals surface area contributed by atoms with Gasteiger partial charge in [0.1, 0.15) is 28.5 Å². The van der Waals surface area contributed by atoms with Crippen LogP contribution in [0.1, 0.15) is 62.0 Å². The normalized spacial score (nSPS) is 22.5. The highest BCUT2D eigenvalue weighted by Gasteiger charge is 2.35. The summed E-state index contributed by atoms with van der Waals surface area (Å²) in [5, 5.41) is 17.8. The Labute approximate surface area is 286 Å². The van der Waals surface area contributed by atoms with Crippen LogP contribution in [0.25, 0.3) is 0 Å². The smallest absolute Gasteiger partial charge is 0.410 e. The Balaban J connectivity index is 1.32. The molecule has 15 heteroatoms. The Kier molecular flexibility index (Phi) is 11.4. The molecule has 48 heavy (non-hydrogen) atoms. The molecule has 4 aliphatic rings. The highest BCUT2D eigenvalue weighted by atomic mass is 32.1. The molecule has 1 aromatic rings. The monoisotopic (exact) mass is 683 g/mol. The molecule has 4 heterocycles. The molecule has 14 nitrogen and oxygen atoms in total. The van der Waals surface area contributed by atoms with Crippen LogP contribution in [-0.4, -0.2) is 122 Å². The van der Waals surface area contributed by atoms with E-state index >= 15 is 0 Å². The average molecular weight is 684 g/mol. The first-order valence-corrected chi connectivity index (χ1v) is 17.5. The number of nitrogens with zero attached hydrogens (tertiary/aromatic N) is 6. The van der Waals surface area contributed by atoms with Crippen LogP contribution in [-0.2, 0) is 25.5 Å². The van der Waals surface area contributed by atoms with Crippen LogP contribution in [0.5, 0.6) is 0 Å². The van der Waals surface area contributed by atoms with Crippen molar-refractivity contribution in [3.63, 3.8) is 0 Å². The molecule has 2 fully saturated rings. The lowest BCUT2D eigenvalue weighted by molar-refractivity contribution is -0.145. The Morgan fingerprint density at radius 3 is 2.56 bits per heavy atom. The van der Waals surface area contributed by atoms with Gasteiger partial charge in [0.2, 0.25) is 0 Å². The van der Waals surface area contributed by atoms with E-state index in [0.29, 0.717) is 55.3 Å². The SMILES string of the molecule is COCCN1CCCN(C2=CC(N3CCN(C(=O)OC(C)(C)C)CC3)=CC(/C(N)=N/OC(=O)C3CCCc4sc(N)c(C#N)c43)N2)CC1. The molecule has 2 atom stereocenters. The maximum atomic E-state index is 13.3. The van der Waals surface area contributed by atoms with Crippen LogP contribution in [0, 0.1) is 11.3 Å². The summed E-state index contributed by atoms with van der Waals surface area (Å²) in [5.74, 6) is -0.147. The van der Waals surface area contributed by atoms with E-state index in [0.717, 1.165) is 68.4 Å². The number of hydrogen-bond donors (Lipinski definition) is 3. The van der Waals surface area contributed by atoms with E-state index in [-0.39, 0.29) is 11.9 Å². The van der Waals surface area contributed by atoms with E-state index in [1.807, 2.05) is 26.8 Å². The molecule has 0 saturated carbocycles. The fraction of sp³-hybridized carbons (Fsp3) is 0.636. The minimum atomic E-state index is -0.617. The number of methoxy groups -OCH3 is 1. The molecular formula is C33H49N9O5S. The number of nitrogens with two attached hydrogens (primary N) is 2. The third-order valence-electron chi connectivity index (χ3n) is 9.01. The Bertz CT molecular complexity index is 1470. The number of anilines is 1. The zero-order valence-corrected chi connectivity index (χ0v) is 29.3. The van der Waals surface area contributed by atoms with Crippen molar-refractivity contribution in [3.05, 3.63) is 39.7 Å². The van der Waals surface area contributed by atoms with Crippen LogP contribution in [0.3, 0.4) is 0 Å². The quantitative estimate of drug-likeness (QED) is 0.158. The lowest BCUT2D eigenvalue weighted by Gasteiger charge is -2.40. The third kappa shape index (κ3) is 8.53. The van der Waals surface area contributed by atoms with Crippen molar-refractivity contribution in [3.8, 4) is 6.07 Å². The molecule has 5 rings (SSSR count). The van der Waals surface area contributed by atoms with Crippen LogP contribution in [0.4, 0.5) is 9.80 Å². The lowest BCUT2D eigenvalue weighted by atomic mass is 9.85. The summed E-state index contributed by atoms with van der Waals surface area (Å²) in [5.41, 5.74) is 14.0. The maximum Gasteiger partial charge on any atom is 0.410 e. The number of nitrogen functional groups attached to an aromatic ring is 1. The number of carbonyl (C=O) groups is 2. The summed E-state index contributed by atoms with van der Waals surface area (Å²) in [7, 11) is 1.72. The first kappa shape index (κ1) is 35.3. The predicted octanol–water partition coefficient (Wildman–Crippen LogP) is 2.34. The van der Waals surface area contributed by atoms with Crippen molar-refractivity contribution in [2.75, 3.05) is 78.4 Å². The van der Waals surface area contributed by atoms with E-state index in [2.05, 4.69) is 37.3 Å².